The minimum atomic E-state index is -0.939. The van der Waals surface area contributed by atoms with E-state index in [9.17, 15) is 14.7 Å². The summed E-state index contributed by atoms with van der Waals surface area (Å²) in [6.45, 7) is 4.04. The largest absolute Gasteiger partial charge is 0.507 e. The Morgan fingerprint density at radius 1 is 1.18 bits per heavy atom. The quantitative estimate of drug-likeness (QED) is 0.318. The lowest BCUT2D eigenvalue weighted by Gasteiger charge is -2.23. The number of hydrogen-bond acceptors (Lipinski definition) is 7. The molecule has 2 heterocycles. The molecule has 0 radical (unpaired) electrons. The number of anilines is 1. The summed E-state index contributed by atoms with van der Waals surface area (Å²) in [4.78, 5) is 27.4. The highest BCUT2D eigenvalue weighted by molar-refractivity contribution is 6.51. The van der Waals surface area contributed by atoms with Crippen LogP contribution in [0, 0.1) is 6.92 Å². The Kier molecular flexibility index (Phi) is 6.11. The number of halogens is 1. The monoisotopic (exact) mass is 468 g/mol. The summed E-state index contributed by atoms with van der Waals surface area (Å²) in [5.41, 5.74) is 0.761. The Morgan fingerprint density at radius 2 is 1.91 bits per heavy atom. The lowest BCUT2D eigenvalue weighted by atomic mass is 9.95. The minimum absolute atomic E-state index is 0.0916. The Balaban J connectivity index is 1.89. The molecule has 0 bridgehead atoms. The van der Waals surface area contributed by atoms with E-state index in [0.29, 0.717) is 29.4 Å². The van der Waals surface area contributed by atoms with Gasteiger partial charge in [-0.2, -0.15) is 0 Å². The van der Waals surface area contributed by atoms with Crippen LogP contribution in [-0.4, -0.2) is 35.7 Å². The summed E-state index contributed by atoms with van der Waals surface area (Å²) < 4.78 is 15.8. The van der Waals surface area contributed by atoms with Gasteiger partial charge in [-0.05, 0) is 49.7 Å². The van der Waals surface area contributed by atoms with E-state index in [0.717, 1.165) is 0 Å². The molecule has 1 N–H and O–H groups in total. The van der Waals surface area contributed by atoms with Gasteiger partial charge >= 0.3 is 5.91 Å². The number of aliphatic hydroxyl groups is 1. The second kappa shape index (κ2) is 8.99. The second-order valence-electron chi connectivity index (χ2n) is 7.32. The fraction of sp³-hybridized carbons (Fsp3) is 0.208. The number of Topliss-reactive ketones (excluding diaryl/α,β-unsaturated/α-hetero) is 1. The summed E-state index contributed by atoms with van der Waals surface area (Å²) in [6.07, 6.45) is 0. The minimum Gasteiger partial charge on any atom is -0.507 e. The van der Waals surface area contributed by atoms with Crippen LogP contribution in [0.15, 0.2) is 58.6 Å². The normalized spacial score (nSPS) is 17.5. The van der Waals surface area contributed by atoms with Crippen LogP contribution in [0.4, 0.5) is 5.82 Å². The van der Waals surface area contributed by atoms with Gasteiger partial charge in [-0.1, -0.05) is 28.9 Å². The summed E-state index contributed by atoms with van der Waals surface area (Å²) >= 11 is 6.22. The number of carbonyl (C=O) groups is 2. The standard InChI is InChI=1S/C24H21ClN2O6/c1-4-32-16-8-5-14(6-9-16)21-20(22(28)15-7-10-18(31-3)17(25)12-15)23(29)24(30)27(21)19-11-13(2)33-26-19/h5-12,21,28H,4H2,1-3H3. The van der Waals surface area contributed by atoms with Crippen LogP contribution in [-0.2, 0) is 9.59 Å². The van der Waals surface area contributed by atoms with E-state index >= 15 is 0 Å². The van der Waals surface area contributed by atoms with Gasteiger partial charge in [0.1, 0.15) is 23.0 Å². The van der Waals surface area contributed by atoms with Gasteiger partial charge in [-0.3, -0.25) is 14.5 Å². The van der Waals surface area contributed by atoms with Gasteiger partial charge in [-0.15, -0.1) is 0 Å². The Bertz CT molecular complexity index is 1250. The predicted molar refractivity (Wildman–Crippen MR) is 122 cm³/mol. The molecule has 0 spiro atoms. The molecule has 1 aliphatic rings. The van der Waals surface area contributed by atoms with Crippen LogP contribution in [0.3, 0.4) is 0 Å². The van der Waals surface area contributed by atoms with E-state index in [4.69, 9.17) is 25.6 Å². The van der Waals surface area contributed by atoms with Crippen LogP contribution in [0.25, 0.3) is 5.76 Å². The van der Waals surface area contributed by atoms with E-state index in [1.54, 1.807) is 49.4 Å². The molecule has 1 saturated heterocycles. The molecule has 4 rings (SSSR count). The molecular weight excluding hydrogens is 448 g/mol. The summed E-state index contributed by atoms with van der Waals surface area (Å²) in [5, 5.41) is 15.3. The van der Waals surface area contributed by atoms with Gasteiger partial charge in [0, 0.05) is 11.6 Å². The highest BCUT2D eigenvalue weighted by atomic mass is 35.5. The first kappa shape index (κ1) is 22.4. The van der Waals surface area contributed by atoms with Gasteiger partial charge in [-0.25, -0.2) is 0 Å². The van der Waals surface area contributed by atoms with Crippen molar-refractivity contribution in [2.24, 2.45) is 0 Å². The third kappa shape index (κ3) is 4.05. The van der Waals surface area contributed by atoms with Gasteiger partial charge in [0.25, 0.3) is 5.78 Å². The third-order valence-corrected chi connectivity index (χ3v) is 5.53. The van der Waals surface area contributed by atoms with Crippen molar-refractivity contribution in [2.45, 2.75) is 19.9 Å². The van der Waals surface area contributed by atoms with Crippen LogP contribution >= 0.6 is 11.6 Å². The summed E-state index contributed by atoms with van der Waals surface area (Å²) in [7, 11) is 1.47. The molecule has 3 aromatic rings. The molecule has 1 atom stereocenters. The van der Waals surface area contributed by atoms with Crippen LogP contribution in [0.5, 0.6) is 11.5 Å². The van der Waals surface area contributed by atoms with Gasteiger partial charge < -0.3 is 19.1 Å². The number of ketones is 1. The first-order valence-electron chi connectivity index (χ1n) is 10.2. The molecular formula is C24H21ClN2O6. The molecule has 0 aliphatic carbocycles. The molecule has 1 unspecified atom stereocenters. The van der Waals surface area contributed by atoms with Gasteiger partial charge in [0.05, 0.1) is 30.4 Å². The highest BCUT2D eigenvalue weighted by Crippen LogP contribution is 2.42. The van der Waals surface area contributed by atoms with E-state index in [1.165, 1.54) is 18.1 Å². The molecule has 8 nitrogen and oxygen atoms in total. The van der Waals surface area contributed by atoms with E-state index in [1.807, 2.05) is 6.92 Å². The zero-order chi connectivity index (χ0) is 23.7. The fourth-order valence-corrected chi connectivity index (χ4v) is 3.99. The van der Waals surface area contributed by atoms with Crippen molar-refractivity contribution in [3.8, 4) is 11.5 Å². The number of carbonyl (C=O) groups excluding carboxylic acids is 2. The first-order valence-corrected chi connectivity index (χ1v) is 10.5. The molecule has 1 aromatic heterocycles. The van der Waals surface area contributed by atoms with Crippen LogP contribution in [0.2, 0.25) is 5.02 Å². The number of aryl methyl sites for hydroxylation is 1. The molecule has 1 fully saturated rings. The van der Waals surface area contributed by atoms with Crippen molar-refractivity contribution >= 4 is 34.9 Å². The zero-order valence-corrected chi connectivity index (χ0v) is 18.9. The van der Waals surface area contributed by atoms with Crippen molar-refractivity contribution in [3.05, 3.63) is 76.0 Å². The Hall–Kier alpha value is -3.78. The topological polar surface area (TPSA) is 102 Å². The number of methoxy groups -OCH3 is 1. The lowest BCUT2D eigenvalue weighted by Crippen LogP contribution is -2.29. The molecule has 1 aliphatic heterocycles. The molecule has 170 valence electrons. The SMILES string of the molecule is CCOc1ccc(C2C(=C(O)c3ccc(OC)c(Cl)c3)C(=O)C(=O)N2c2cc(C)on2)cc1. The maximum atomic E-state index is 13.1. The number of amides is 1. The highest BCUT2D eigenvalue weighted by Gasteiger charge is 2.48. The lowest BCUT2D eigenvalue weighted by molar-refractivity contribution is -0.132. The molecule has 33 heavy (non-hydrogen) atoms. The van der Waals surface area contributed by atoms with Crippen LogP contribution < -0.4 is 14.4 Å². The molecule has 9 heteroatoms. The number of nitrogens with zero attached hydrogens (tertiary/aromatic N) is 2. The smallest absolute Gasteiger partial charge is 0.301 e. The van der Waals surface area contributed by atoms with Gasteiger partial charge in [0.2, 0.25) is 0 Å². The third-order valence-electron chi connectivity index (χ3n) is 5.24. The number of rotatable bonds is 6. The first-order chi connectivity index (χ1) is 15.8. The predicted octanol–water partition coefficient (Wildman–Crippen LogP) is 4.67. The summed E-state index contributed by atoms with van der Waals surface area (Å²) in [6, 6.07) is 12.1. The van der Waals surface area contributed by atoms with Crippen molar-refractivity contribution in [2.75, 3.05) is 18.6 Å². The van der Waals surface area contributed by atoms with Crippen molar-refractivity contribution in [1.29, 1.82) is 0 Å². The second-order valence-corrected chi connectivity index (χ2v) is 7.72. The average molecular weight is 469 g/mol. The van der Waals surface area contributed by atoms with Crippen molar-refractivity contribution in [1.82, 2.24) is 5.16 Å². The van der Waals surface area contributed by atoms with E-state index in [2.05, 4.69) is 5.16 Å². The maximum absolute atomic E-state index is 13.1. The number of hydrogen-bond donors (Lipinski definition) is 1. The number of ether oxygens (including phenoxy) is 2. The number of aliphatic hydroxyl groups excluding tert-OH is 1. The average Bonchev–Trinajstić information content (AvgIpc) is 3.34. The molecule has 1 amide bonds. The van der Waals surface area contributed by atoms with E-state index < -0.39 is 17.7 Å². The maximum Gasteiger partial charge on any atom is 0.301 e. The Labute approximate surface area is 195 Å². The molecule has 0 saturated carbocycles. The Morgan fingerprint density at radius 3 is 2.48 bits per heavy atom. The van der Waals surface area contributed by atoms with Crippen molar-refractivity contribution in [3.63, 3.8) is 0 Å². The zero-order valence-electron chi connectivity index (χ0n) is 18.2. The fourth-order valence-electron chi connectivity index (χ4n) is 3.73. The number of aromatic nitrogens is 1. The van der Waals surface area contributed by atoms with Gasteiger partial charge in [0.15, 0.2) is 5.82 Å². The number of benzene rings is 2. The summed E-state index contributed by atoms with van der Waals surface area (Å²) in [5.74, 6) is -0.353. The van der Waals surface area contributed by atoms with E-state index in [-0.39, 0.29) is 27.7 Å². The van der Waals surface area contributed by atoms with Crippen LogP contribution in [0.1, 0.15) is 29.9 Å². The molecule has 2 aromatic carbocycles. The van der Waals surface area contributed by atoms with Crippen molar-refractivity contribution < 1.29 is 28.7 Å².